The molecule has 0 aliphatic heterocycles. The van der Waals surface area contributed by atoms with Gasteiger partial charge in [-0.3, -0.25) is 4.79 Å². The van der Waals surface area contributed by atoms with Crippen LogP contribution in [0.5, 0.6) is 5.75 Å². The number of thiazole rings is 1. The van der Waals surface area contributed by atoms with Gasteiger partial charge in [-0.1, -0.05) is 41.1 Å². The van der Waals surface area contributed by atoms with Gasteiger partial charge in [-0.05, 0) is 36.2 Å². The first-order valence-electron chi connectivity index (χ1n) is 7.44. The van der Waals surface area contributed by atoms with E-state index in [1.54, 1.807) is 19.2 Å². The van der Waals surface area contributed by atoms with Gasteiger partial charge in [0.25, 0.3) is 5.91 Å². The zero-order valence-electron chi connectivity index (χ0n) is 13.7. The molecule has 0 unspecified atom stereocenters. The lowest BCUT2D eigenvalue weighted by atomic mass is 10.1. The Morgan fingerprint density at radius 1 is 1.25 bits per heavy atom. The molecule has 6 heteroatoms. The van der Waals surface area contributed by atoms with Gasteiger partial charge in [-0.2, -0.15) is 4.99 Å². The van der Waals surface area contributed by atoms with Crippen molar-refractivity contribution >= 4 is 39.1 Å². The Kier molecular flexibility index (Phi) is 4.73. The number of benzene rings is 2. The average Bonchev–Trinajstić information content (AvgIpc) is 2.88. The minimum absolute atomic E-state index is 0.184. The van der Waals surface area contributed by atoms with E-state index in [0.29, 0.717) is 9.82 Å². The van der Waals surface area contributed by atoms with Gasteiger partial charge in [0.05, 0.1) is 18.2 Å². The number of amides is 1. The molecule has 0 saturated carbocycles. The molecule has 0 aliphatic rings. The normalized spacial score (nSPS) is 11.9. The van der Waals surface area contributed by atoms with Crippen LogP contribution in [0.25, 0.3) is 10.2 Å². The van der Waals surface area contributed by atoms with Gasteiger partial charge in [-0.15, -0.1) is 0 Å². The fraction of sp³-hybridized carbons (Fsp3) is 0.222. The van der Waals surface area contributed by atoms with E-state index in [0.717, 1.165) is 27.1 Å². The third-order valence-electron chi connectivity index (χ3n) is 3.82. The second-order valence-electron chi connectivity index (χ2n) is 5.51. The lowest BCUT2D eigenvalue weighted by Crippen LogP contribution is -2.14. The quantitative estimate of drug-likeness (QED) is 0.711. The molecule has 2 aromatic carbocycles. The van der Waals surface area contributed by atoms with Gasteiger partial charge in [0.15, 0.2) is 4.80 Å². The topological polar surface area (TPSA) is 43.6 Å². The summed E-state index contributed by atoms with van der Waals surface area (Å²) in [6.07, 6.45) is 0.252. The summed E-state index contributed by atoms with van der Waals surface area (Å²) in [4.78, 5) is 17.2. The number of carbonyl (C=O) groups is 1. The van der Waals surface area contributed by atoms with E-state index < -0.39 is 0 Å². The summed E-state index contributed by atoms with van der Waals surface area (Å²) < 4.78 is 8.42. The molecule has 0 saturated heterocycles. The molecule has 3 aromatic rings. The Morgan fingerprint density at radius 2 is 1.96 bits per heavy atom. The van der Waals surface area contributed by atoms with E-state index in [-0.39, 0.29) is 12.3 Å². The maximum Gasteiger partial charge on any atom is 0.252 e. The van der Waals surface area contributed by atoms with Crippen molar-refractivity contribution in [2.45, 2.75) is 13.3 Å². The number of ether oxygens (including phenoxy) is 1. The maximum atomic E-state index is 12.3. The van der Waals surface area contributed by atoms with E-state index in [1.165, 1.54) is 11.3 Å². The molecule has 3 rings (SSSR count). The highest BCUT2D eigenvalue weighted by Crippen LogP contribution is 2.29. The molecule has 0 radical (unpaired) electrons. The summed E-state index contributed by atoms with van der Waals surface area (Å²) in [7, 11) is 3.54. The number of fused-ring (bicyclic) bond motifs is 1. The van der Waals surface area contributed by atoms with Gasteiger partial charge in [0.2, 0.25) is 0 Å². The standard InChI is InChI=1S/C18H17ClN2O2S/c1-11-4-9-14(23-3)16-17(11)24-18(21(16)2)20-15(22)10-12-5-7-13(19)8-6-12/h4-9H,10H2,1-3H3. The van der Waals surface area contributed by atoms with Crippen LogP contribution in [0, 0.1) is 6.92 Å². The molecule has 124 valence electrons. The minimum Gasteiger partial charge on any atom is -0.495 e. The summed E-state index contributed by atoms with van der Waals surface area (Å²) >= 11 is 7.36. The summed E-state index contributed by atoms with van der Waals surface area (Å²) in [6.45, 7) is 2.04. The van der Waals surface area contributed by atoms with Gasteiger partial charge >= 0.3 is 0 Å². The number of hydrogen-bond acceptors (Lipinski definition) is 3. The van der Waals surface area contributed by atoms with Crippen LogP contribution in [0.3, 0.4) is 0 Å². The average molecular weight is 361 g/mol. The molecule has 4 nitrogen and oxygen atoms in total. The molecule has 0 atom stereocenters. The maximum absolute atomic E-state index is 12.3. The predicted molar refractivity (Wildman–Crippen MR) is 97.8 cm³/mol. The molecule has 0 aliphatic carbocycles. The predicted octanol–water partition coefficient (Wildman–Crippen LogP) is 3.88. The van der Waals surface area contributed by atoms with Crippen LogP contribution in [-0.4, -0.2) is 17.6 Å². The Labute approximate surface area is 149 Å². The molecular weight excluding hydrogens is 344 g/mol. The first-order valence-corrected chi connectivity index (χ1v) is 8.64. The number of aryl methyl sites for hydroxylation is 2. The van der Waals surface area contributed by atoms with Crippen LogP contribution in [-0.2, 0) is 18.3 Å². The number of rotatable bonds is 3. The van der Waals surface area contributed by atoms with Crippen LogP contribution >= 0.6 is 22.9 Å². The summed E-state index contributed by atoms with van der Waals surface area (Å²) in [5, 5.41) is 0.654. The van der Waals surface area contributed by atoms with E-state index in [4.69, 9.17) is 16.3 Å². The number of hydrogen-bond donors (Lipinski definition) is 0. The first-order chi connectivity index (χ1) is 11.5. The monoisotopic (exact) mass is 360 g/mol. The van der Waals surface area contributed by atoms with Crippen molar-refractivity contribution < 1.29 is 9.53 Å². The minimum atomic E-state index is -0.184. The third-order valence-corrected chi connectivity index (χ3v) is 5.34. The van der Waals surface area contributed by atoms with Crippen molar-refractivity contribution in [3.8, 4) is 5.75 Å². The van der Waals surface area contributed by atoms with Crippen molar-refractivity contribution in [2.75, 3.05) is 7.11 Å². The Bertz CT molecular complexity index is 971. The van der Waals surface area contributed by atoms with E-state index in [2.05, 4.69) is 4.99 Å². The van der Waals surface area contributed by atoms with Crippen LogP contribution in [0.4, 0.5) is 0 Å². The van der Waals surface area contributed by atoms with Crippen molar-refractivity contribution in [2.24, 2.45) is 12.0 Å². The zero-order valence-corrected chi connectivity index (χ0v) is 15.2. The van der Waals surface area contributed by atoms with Crippen LogP contribution < -0.4 is 9.54 Å². The highest BCUT2D eigenvalue weighted by Gasteiger charge is 2.12. The lowest BCUT2D eigenvalue weighted by Gasteiger charge is -2.05. The second-order valence-corrected chi connectivity index (χ2v) is 6.93. The van der Waals surface area contributed by atoms with Crippen LogP contribution in [0.15, 0.2) is 41.4 Å². The fourth-order valence-electron chi connectivity index (χ4n) is 2.54. The lowest BCUT2D eigenvalue weighted by molar-refractivity contribution is -0.117. The Balaban J connectivity index is 2.00. The summed E-state index contributed by atoms with van der Waals surface area (Å²) in [5.41, 5.74) is 2.99. The van der Waals surface area contributed by atoms with Crippen molar-refractivity contribution in [1.82, 2.24) is 4.57 Å². The van der Waals surface area contributed by atoms with Crippen molar-refractivity contribution in [3.63, 3.8) is 0 Å². The number of aromatic nitrogens is 1. The molecule has 1 heterocycles. The molecule has 0 fully saturated rings. The highest BCUT2D eigenvalue weighted by atomic mass is 35.5. The first kappa shape index (κ1) is 16.7. The molecule has 0 N–H and O–H groups in total. The summed E-state index contributed by atoms with van der Waals surface area (Å²) in [5.74, 6) is 0.594. The van der Waals surface area contributed by atoms with Gasteiger partial charge < -0.3 is 9.30 Å². The van der Waals surface area contributed by atoms with Crippen LogP contribution in [0.2, 0.25) is 5.02 Å². The molecule has 0 spiro atoms. The fourth-order valence-corrected chi connectivity index (χ4v) is 3.79. The second kappa shape index (κ2) is 6.79. The molecule has 0 bridgehead atoms. The number of halogens is 1. The Hall–Kier alpha value is -2.11. The van der Waals surface area contributed by atoms with Gasteiger partial charge in [0.1, 0.15) is 11.3 Å². The number of carbonyl (C=O) groups excluding carboxylic acids is 1. The zero-order chi connectivity index (χ0) is 17.3. The SMILES string of the molecule is COc1ccc(C)c2sc(=NC(=O)Cc3ccc(Cl)cc3)n(C)c12. The highest BCUT2D eigenvalue weighted by molar-refractivity contribution is 7.16. The van der Waals surface area contributed by atoms with Gasteiger partial charge in [0, 0.05) is 12.1 Å². The number of methoxy groups -OCH3 is 1. The van der Waals surface area contributed by atoms with E-state index in [1.807, 2.05) is 42.8 Å². The summed E-state index contributed by atoms with van der Waals surface area (Å²) in [6, 6.07) is 11.2. The van der Waals surface area contributed by atoms with E-state index in [9.17, 15) is 4.79 Å². The van der Waals surface area contributed by atoms with Gasteiger partial charge in [-0.25, -0.2) is 0 Å². The van der Waals surface area contributed by atoms with Crippen molar-refractivity contribution in [3.05, 3.63) is 57.3 Å². The van der Waals surface area contributed by atoms with Crippen LogP contribution in [0.1, 0.15) is 11.1 Å². The third kappa shape index (κ3) is 3.23. The molecular formula is C18H17ClN2O2S. The van der Waals surface area contributed by atoms with Crippen molar-refractivity contribution in [1.29, 1.82) is 0 Å². The molecule has 1 amide bonds. The number of nitrogens with zero attached hydrogens (tertiary/aromatic N) is 2. The smallest absolute Gasteiger partial charge is 0.252 e. The largest absolute Gasteiger partial charge is 0.495 e. The molecule has 24 heavy (non-hydrogen) atoms. The Morgan fingerprint density at radius 3 is 2.62 bits per heavy atom. The van der Waals surface area contributed by atoms with E-state index >= 15 is 0 Å². The molecule has 1 aromatic heterocycles.